The molecule has 2 rings (SSSR count). The fourth-order valence-corrected chi connectivity index (χ4v) is 2.42. The van der Waals surface area contributed by atoms with Gasteiger partial charge in [-0.05, 0) is 6.42 Å². The number of nitrogens with one attached hydrogen (secondary N) is 2. The molecular weight excluding hydrogens is 306 g/mol. The molecule has 0 bridgehead atoms. The maximum atomic E-state index is 10.9. The molecule has 22 heavy (non-hydrogen) atoms. The summed E-state index contributed by atoms with van der Waals surface area (Å²) in [5.74, 6) is 0.646. The van der Waals surface area contributed by atoms with Crippen molar-refractivity contribution in [2.75, 3.05) is 24.7 Å². The Morgan fingerprint density at radius 1 is 1.36 bits per heavy atom. The Kier molecular flexibility index (Phi) is 5.24. The van der Waals surface area contributed by atoms with Crippen molar-refractivity contribution in [3.8, 4) is 6.07 Å². The highest BCUT2D eigenvalue weighted by atomic mass is 32.2. The number of nitriles is 1. The Balaban J connectivity index is 1.97. The summed E-state index contributed by atoms with van der Waals surface area (Å²) >= 11 is 0. The van der Waals surface area contributed by atoms with Crippen LogP contribution in [0.5, 0.6) is 0 Å². The van der Waals surface area contributed by atoms with E-state index in [1.807, 2.05) is 0 Å². The van der Waals surface area contributed by atoms with Crippen molar-refractivity contribution in [2.45, 2.75) is 19.4 Å². The highest BCUT2D eigenvalue weighted by Crippen LogP contribution is 2.18. The standard InChI is InChI=1S/C12H17N7O2S/c1-22(20,21)18-6-3-5-14-11-10-8-17-19(7-2-4-13)12(10)16-9-15-11/h8-9,18H,2-3,5-7H2,1H3,(H,14,15,16). The van der Waals surface area contributed by atoms with E-state index in [4.69, 9.17) is 5.26 Å². The van der Waals surface area contributed by atoms with Crippen LogP contribution < -0.4 is 10.0 Å². The van der Waals surface area contributed by atoms with Crippen molar-refractivity contribution in [1.82, 2.24) is 24.5 Å². The van der Waals surface area contributed by atoms with Gasteiger partial charge in [0, 0.05) is 13.1 Å². The first-order chi connectivity index (χ1) is 10.5. The van der Waals surface area contributed by atoms with Crippen molar-refractivity contribution < 1.29 is 8.42 Å². The molecular formula is C12H17N7O2S. The van der Waals surface area contributed by atoms with Crippen LogP contribution in [0.4, 0.5) is 5.82 Å². The first-order valence-electron chi connectivity index (χ1n) is 6.73. The predicted molar refractivity (Wildman–Crippen MR) is 81.5 cm³/mol. The molecule has 0 radical (unpaired) electrons. The second-order valence-electron chi connectivity index (χ2n) is 4.68. The van der Waals surface area contributed by atoms with E-state index in [1.165, 1.54) is 6.33 Å². The van der Waals surface area contributed by atoms with E-state index < -0.39 is 10.0 Å². The molecule has 0 saturated heterocycles. The van der Waals surface area contributed by atoms with Gasteiger partial charge in [-0.2, -0.15) is 10.4 Å². The largest absolute Gasteiger partial charge is 0.369 e. The Morgan fingerprint density at radius 2 is 2.18 bits per heavy atom. The van der Waals surface area contributed by atoms with Gasteiger partial charge in [0.15, 0.2) is 5.65 Å². The minimum Gasteiger partial charge on any atom is -0.369 e. The molecule has 2 heterocycles. The second-order valence-corrected chi connectivity index (χ2v) is 6.52. The maximum absolute atomic E-state index is 10.9. The zero-order valence-corrected chi connectivity index (χ0v) is 13.0. The van der Waals surface area contributed by atoms with Gasteiger partial charge in [0.1, 0.15) is 12.1 Å². The number of hydrogen-bond donors (Lipinski definition) is 2. The first-order valence-corrected chi connectivity index (χ1v) is 8.62. The molecule has 2 aromatic rings. The molecule has 118 valence electrons. The molecule has 0 aromatic carbocycles. The summed E-state index contributed by atoms with van der Waals surface area (Å²) < 4.78 is 26.0. The maximum Gasteiger partial charge on any atom is 0.208 e. The molecule has 0 saturated carbocycles. The third-order valence-electron chi connectivity index (χ3n) is 2.88. The molecule has 2 aromatic heterocycles. The fourth-order valence-electron chi connectivity index (χ4n) is 1.91. The highest BCUT2D eigenvalue weighted by molar-refractivity contribution is 7.88. The van der Waals surface area contributed by atoms with Crippen LogP contribution in [0, 0.1) is 11.3 Å². The third kappa shape index (κ3) is 4.37. The van der Waals surface area contributed by atoms with Crippen molar-refractivity contribution in [1.29, 1.82) is 5.26 Å². The van der Waals surface area contributed by atoms with Crippen molar-refractivity contribution in [2.24, 2.45) is 0 Å². The van der Waals surface area contributed by atoms with Crippen molar-refractivity contribution in [3.05, 3.63) is 12.5 Å². The average Bonchev–Trinajstić information content (AvgIpc) is 2.87. The predicted octanol–water partition coefficient (Wildman–Crippen LogP) is 0.0912. The summed E-state index contributed by atoms with van der Waals surface area (Å²) in [6.45, 7) is 1.41. The monoisotopic (exact) mass is 323 g/mol. The summed E-state index contributed by atoms with van der Waals surface area (Å²) in [5.41, 5.74) is 0.669. The van der Waals surface area contributed by atoms with Gasteiger partial charge in [-0.3, -0.25) is 0 Å². The van der Waals surface area contributed by atoms with Crippen molar-refractivity contribution in [3.63, 3.8) is 0 Å². The second kappa shape index (κ2) is 7.15. The van der Waals surface area contributed by atoms with Gasteiger partial charge in [0.2, 0.25) is 10.0 Å². The van der Waals surface area contributed by atoms with E-state index in [0.717, 1.165) is 11.6 Å². The van der Waals surface area contributed by atoms with E-state index in [-0.39, 0.29) is 0 Å². The molecule has 0 spiro atoms. The van der Waals surface area contributed by atoms with E-state index >= 15 is 0 Å². The molecule has 0 fully saturated rings. The van der Waals surface area contributed by atoms with E-state index in [0.29, 0.717) is 43.9 Å². The molecule has 10 heteroatoms. The Hall–Kier alpha value is -2.25. The molecule has 0 aliphatic heterocycles. The summed E-state index contributed by atoms with van der Waals surface area (Å²) in [5, 5.41) is 16.7. The van der Waals surface area contributed by atoms with Crippen LogP contribution in [-0.2, 0) is 16.6 Å². The SMILES string of the molecule is CS(=O)(=O)NCCCNc1ncnc2c1cnn2CCC#N. The Bertz CT molecular complexity index is 778. The summed E-state index contributed by atoms with van der Waals surface area (Å²) in [7, 11) is -3.15. The number of aryl methyl sites for hydroxylation is 1. The van der Waals surface area contributed by atoms with Crippen LogP contribution in [0.3, 0.4) is 0 Å². The summed E-state index contributed by atoms with van der Waals surface area (Å²) in [6, 6.07) is 2.07. The van der Waals surface area contributed by atoms with Crippen LogP contribution in [0.2, 0.25) is 0 Å². The lowest BCUT2D eigenvalue weighted by Gasteiger charge is -2.07. The number of sulfonamides is 1. The average molecular weight is 323 g/mol. The van der Waals surface area contributed by atoms with Crippen molar-refractivity contribution >= 4 is 26.9 Å². The smallest absolute Gasteiger partial charge is 0.208 e. The minimum absolute atomic E-state index is 0.362. The molecule has 0 atom stereocenters. The summed E-state index contributed by atoms with van der Waals surface area (Å²) in [6.07, 6.45) is 5.21. The molecule has 2 N–H and O–H groups in total. The van der Waals surface area contributed by atoms with Gasteiger partial charge in [-0.25, -0.2) is 27.8 Å². The van der Waals surface area contributed by atoms with Gasteiger partial charge in [-0.15, -0.1) is 0 Å². The topological polar surface area (TPSA) is 126 Å². The molecule has 0 aliphatic rings. The molecule has 0 aliphatic carbocycles. The lowest BCUT2D eigenvalue weighted by Crippen LogP contribution is -2.24. The van der Waals surface area contributed by atoms with Gasteiger partial charge in [-0.1, -0.05) is 0 Å². The van der Waals surface area contributed by atoms with E-state index in [1.54, 1.807) is 10.9 Å². The lowest BCUT2D eigenvalue weighted by molar-refractivity contribution is 0.586. The highest BCUT2D eigenvalue weighted by Gasteiger charge is 2.09. The normalized spacial score (nSPS) is 11.5. The van der Waals surface area contributed by atoms with Gasteiger partial charge in [0.25, 0.3) is 0 Å². The van der Waals surface area contributed by atoms with E-state index in [2.05, 4.69) is 31.2 Å². The minimum atomic E-state index is -3.15. The Labute approximate surface area is 128 Å². The molecule has 0 unspecified atom stereocenters. The fraction of sp³-hybridized carbons (Fsp3) is 0.500. The summed E-state index contributed by atoms with van der Waals surface area (Å²) in [4.78, 5) is 8.35. The number of nitrogens with zero attached hydrogens (tertiary/aromatic N) is 5. The third-order valence-corrected chi connectivity index (χ3v) is 3.61. The number of hydrogen-bond acceptors (Lipinski definition) is 7. The van der Waals surface area contributed by atoms with Crippen LogP contribution in [-0.4, -0.2) is 47.5 Å². The van der Waals surface area contributed by atoms with Gasteiger partial charge in [0.05, 0.1) is 36.9 Å². The first kappa shape index (κ1) is 16.1. The number of aromatic nitrogens is 4. The van der Waals surface area contributed by atoms with Crippen LogP contribution in [0.25, 0.3) is 11.0 Å². The van der Waals surface area contributed by atoms with Gasteiger partial charge < -0.3 is 5.32 Å². The van der Waals surface area contributed by atoms with E-state index in [9.17, 15) is 8.42 Å². The van der Waals surface area contributed by atoms with Crippen LogP contribution in [0.15, 0.2) is 12.5 Å². The zero-order chi connectivity index (χ0) is 16.0. The molecule has 0 amide bonds. The number of anilines is 1. The number of rotatable bonds is 8. The van der Waals surface area contributed by atoms with Crippen LogP contribution >= 0.6 is 0 Å². The quantitative estimate of drug-likeness (QED) is 0.659. The molecule has 9 nitrogen and oxygen atoms in total. The Morgan fingerprint density at radius 3 is 2.91 bits per heavy atom. The zero-order valence-electron chi connectivity index (χ0n) is 12.2. The van der Waals surface area contributed by atoms with Crippen LogP contribution in [0.1, 0.15) is 12.8 Å². The van der Waals surface area contributed by atoms with Gasteiger partial charge >= 0.3 is 0 Å². The number of fused-ring (bicyclic) bond motifs is 1. The lowest BCUT2D eigenvalue weighted by atomic mass is 10.3.